The summed E-state index contributed by atoms with van der Waals surface area (Å²) in [5.74, 6) is 1.94. The maximum atomic E-state index is 12.4. The number of carbonyl (C=O) groups is 3. The number of likely N-dealkylation sites (tertiary alicyclic amines) is 1. The van der Waals surface area contributed by atoms with Crippen LogP contribution >= 0.6 is 0 Å². The van der Waals surface area contributed by atoms with E-state index < -0.39 is 5.54 Å². The van der Waals surface area contributed by atoms with Gasteiger partial charge in [-0.05, 0) is 25.7 Å². The first-order valence-electron chi connectivity index (χ1n) is 8.62. The van der Waals surface area contributed by atoms with Crippen LogP contribution in [-0.2, 0) is 14.4 Å². The molecule has 2 rings (SSSR count). The van der Waals surface area contributed by atoms with Crippen LogP contribution in [0.4, 0.5) is 0 Å². The van der Waals surface area contributed by atoms with Gasteiger partial charge in [0.15, 0.2) is 0 Å². The molecule has 1 saturated carbocycles. The molecule has 0 unspecified atom stereocenters. The molecule has 0 spiro atoms. The number of fused-ring (bicyclic) bond motifs is 1. The third-order valence-corrected chi connectivity index (χ3v) is 5.36. The molecule has 0 radical (unpaired) electrons. The standard InChI is InChI=1S/C18H26N2O3/c1-4-18(5-2,6-3)19-15(21)11-12-20-16(22)13-9-7-8-10-14(13)17(20)23/h1,13-14H,5-12H2,2-3H3,(H,19,21)/t13-,14-/m1/s1. The lowest BCUT2D eigenvalue weighted by Gasteiger charge is -2.27. The number of hydrogen-bond acceptors (Lipinski definition) is 3. The molecule has 1 N–H and O–H groups in total. The normalized spacial score (nSPS) is 24.3. The maximum Gasteiger partial charge on any atom is 0.233 e. The Morgan fingerprint density at radius 1 is 1.22 bits per heavy atom. The van der Waals surface area contributed by atoms with E-state index in [0.29, 0.717) is 12.8 Å². The van der Waals surface area contributed by atoms with Crippen molar-refractivity contribution < 1.29 is 14.4 Å². The van der Waals surface area contributed by atoms with Crippen molar-refractivity contribution in [3.63, 3.8) is 0 Å². The van der Waals surface area contributed by atoms with Crippen LogP contribution in [0.3, 0.4) is 0 Å². The molecule has 5 nitrogen and oxygen atoms in total. The Balaban J connectivity index is 1.93. The van der Waals surface area contributed by atoms with Crippen LogP contribution in [0.25, 0.3) is 0 Å². The van der Waals surface area contributed by atoms with Gasteiger partial charge in [-0.2, -0.15) is 0 Å². The number of imide groups is 1. The Morgan fingerprint density at radius 3 is 2.17 bits per heavy atom. The van der Waals surface area contributed by atoms with Crippen molar-refractivity contribution in [2.75, 3.05) is 6.54 Å². The smallest absolute Gasteiger partial charge is 0.233 e. The quantitative estimate of drug-likeness (QED) is 0.600. The van der Waals surface area contributed by atoms with Gasteiger partial charge in [-0.3, -0.25) is 19.3 Å². The highest BCUT2D eigenvalue weighted by Gasteiger charge is 2.47. The van der Waals surface area contributed by atoms with E-state index in [1.165, 1.54) is 4.90 Å². The number of nitrogens with one attached hydrogen (secondary N) is 1. The van der Waals surface area contributed by atoms with Crippen LogP contribution in [0.15, 0.2) is 0 Å². The molecule has 2 aliphatic rings. The van der Waals surface area contributed by atoms with Crippen LogP contribution in [0.2, 0.25) is 0 Å². The van der Waals surface area contributed by atoms with E-state index in [4.69, 9.17) is 6.42 Å². The zero-order valence-corrected chi connectivity index (χ0v) is 14.1. The molecule has 0 aromatic heterocycles. The number of terminal acetylenes is 1. The number of nitrogens with zero attached hydrogens (tertiary/aromatic N) is 1. The molecule has 0 bridgehead atoms. The minimum atomic E-state index is -0.635. The molecule has 0 aromatic rings. The first-order valence-corrected chi connectivity index (χ1v) is 8.62. The largest absolute Gasteiger partial charge is 0.340 e. The maximum absolute atomic E-state index is 12.4. The zero-order valence-electron chi connectivity index (χ0n) is 14.1. The van der Waals surface area contributed by atoms with Gasteiger partial charge in [-0.25, -0.2) is 0 Å². The van der Waals surface area contributed by atoms with E-state index in [2.05, 4.69) is 11.2 Å². The van der Waals surface area contributed by atoms with Gasteiger partial charge in [0.1, 0.15) is 5.54 Å². The molecule has 1 heterocycles. The Hall–Kier alpha value is -1.83. The fourth-order valence-corrected chi connectivity index (χ4v) is 3.66. The summed E-state index contributed by atoms with van der Waals surface area (Å²) in [7, 11) is 0. The molecule has 1 aliphatic heterocycles. The molecule has 2 atom stereocenters. The lowest BCUT2D eigenvalue weighted by molar-refractivity contribution is -0.140. The highest BCUT2D eigenvalue weighted by Crippen LogP contribution is 2.37. The van der Waals surface area contributed by atoms with Gasteiger partial charge in [0.2, 0.25) is 17.7 Å². The van der Waals surface area contributed by atoms with Crippen LogP contribution < -0.4 is 5.32 Å². The van der Waals surface area contributed by atoms with Crippen molar-refractivity contribution in [2.45, 2.75) is 64.3 Å². The van der Waals surface area contributed by atoms with Crippen LogP contribution in [0.1, 0.15) is 58.8 Å². The minimum absolute atomic E-state index is 0.0957. The lowest BCUT2D eigenvalue weighted by Crippen LogP contribution is -2.47. The fraction of sp³-hybridized carbons (Fsp3) is 0.722. The van der Waals surface area contributed by atoms with Gasteiger partial charge in [-0.1, -0.05) is 32.6 Å². The molecule has 23 heavy (non-hydrogen) atoms. The van der Waals surface area contributed by atoms with Gasteiger partial charge < -0.3 is 5.32 Å². The van der Waals surface area contributed by atoms with Crippen molar-refractivity contribution in [1.29, 1.82) is 0 Å². The molecule has 1 aliphatic carbocycles. The number of amides is 3. The van der Waals surface area contributed by atoms with E-state index in [1.54, 1.807) is 0 Å². The summed E-state index contributed by atoms with van der Waals surface area (Å²) in [5, 5.41) is 2.87. The minimum Gasteiger partial charge on any atom is -0.340 e. The Morgan fingerprint density at radius 2 is 1.74 bits per heavy atom. The van der Waals surface area contributed by atoms with E-state index >= 15 is 0 Å². The van der Waals surface area contributed by atoms with E-state index in [1.807, 2.05) is 13.8 Å². The second-order valence-electron chi connectivity index (χ2n) is 6.56. The highest BCUT2D eigenvalue weighted by atomic mass is 16.2. The van der Waals surface area contributed by atoms with Crippen molar-refractivity contribution in [3.05, 3.63) is 0 Å². The Kier molecular flexibility index (Phi) is 5.46. The first-order chi connectivity index (χ1) is 11.0. The summed E-state index contributed by atoms with van der Waals surface area (Å²) in [5.41, 5.74) is -0.635. The third kappa shape index (κ3) is 3.41. The summed E-state index contributed by atoms with van der Waals surface area (Å²) < 4.78 is 0. The predicted octanol–water partition coefficient (Wildman–Crippen LogP) is 1.86. The van der Waals surface area contributed by atoms with Crippen molar-refractivity contribution in [2.24, 2.45) is 11.8 Å². The first kappa shape index (κ1) is 17.5. The van der Waals surface area contributed by atoms with E-state index in [-0.39, 0.29) is 42.5 Å². The second-order valence-corrected chi connectivity index (χ2v) is 6.56. The second kappa shape index (κ2) is 7.16. The molecular formula is C18H26N2O3. The van der Waals surface area contributed by atoms with Crippen molar-refractivity contribution in [1.82, 2.24) is 10.2 Å². The van der Waals surface area contributed by atoms with Crippen molar-refractivity contribution >= 4 is 17.7 Å². The molecule has 126 valence electrons. The molecule has 5 heteroatoms. The van der Waals surface area contributed by atoms with Crippen LogP contribution in [0.5, 0.6) is 0 Å². The topological polar surface area (TPSA) is 66.5 Å². The average molecular weight is 318 g/mol. The summed E-state index contributed by atoms with van der Waals surface area (Å²) in [4.78, 5) is 38.2. The van der Waals surface area contributed by atoms with E-state index in [0.717, 1.165) is 25.7 Å². The average Bonchev–Trinajstić information content (AvgIpc) is 2.82. The summed E-state index contributed by atoms with van der Waals surface area (Å²) >= 11 is 0. The van der Waals surface area contributed by atoms with E-state index in [9.17, 15) is 14.4 Å². The molecular weight excluding hydrogens is 292 g/mol. The fourth-order valence-electron chi connectivity index (χ4n) is 3.66. The SMILES string of the molecule is C#CC(CC)(CC)NC(=O)CCN1C(=O)[C@@H]2CCCC[C@H]2C1=O. The number of carbonyl (C=O) groups excluding carboxylic acids is 3. The number of rotatable bonds is 6. The van der Waals surface area contributed by atoms with Gasteiger partial charge in [-0.15, -0.1) is 6.42 Å². The van der Waals surface area contributed by atoms with Gasteiger partial charge in [0.25, 0.3) is 0 Å². The highest BCUT2D eigenvalue weighted by molar-refractivity contribution is 6.05. The van der Waals surface area contributed by atoms with Gasteiger partial charge in [0.05, 0.1) is 11.8 Å². The monoisotopic (exact) mass is 318 g/mol. The molecule has 2 fully saturated rings. The Bertz CT molecular complexity index is 507. The van der Waals surface area contributed by atoms with Crippen molar-refractivity contribution in [3.8, 4) is 12.3 Å². The summed E-state index contributed by atoms with van der Waals surface area (Å²) in [6.07, 6.45) is 10.6. The lowest BCUT2D eigenvalue weighted by atomic mass is 9.81. The zero-order chi connectivity index (χ0) is 17.0. The molecule has 0 aromatic carbocycles. The molecule has 1 saturated heterocycles. The van der Waals surface area contributed by atoms with Gasteiger partial charge in [0, 0.05) is 13.0 Å². The van der Waals surface area contributed by atoms with Crippen LogP contribution in [0, 0.1) is 24.2 Å². The predicted molar refractivity (Wildman–Crippen MR) is 87.1 cm³/mol. The van der Waals surface area contributed by atoms with Crippen LogP contribution in [-0.4, -0.2) is 34.7 Å². The summed E-state index contributed by atoms with van der Waals surface area (Å²) in [6.45, 7) is 4.02. The summed E-state index contributed by atoms with van der Waals surface area (Å²) in [6, 6.07) is 0. The Labute approximate surface area is 138 Å². The third-order valence-electron chi connectivity index (χ3n) is 5.36. The van der Waals surface area contributed by atoms with Gasteiger partial charge >= 0.3 is 0 Å². The number of hydrogen-bond donors (Lipinski definition) is 1. The molecule has 3 amide bonds.